The number of carbonyl (C=O) groups is 1. The van der Waals surface area contributed by atoms with E-state index in [4.69, 9.17) is 4.74 Å². The molecule has 2 aliphatic rings. The predicted octanol–water partition coefficient (Wildman–Crippen LogP) is 1.66. The molecule has 0 aromatic heterocycles. The smallest absolute Gasteiger partial charge is 0.254 e. The Labute approximate surface area is 113 Å². The lowest BCUT2D eigenvalue weighted by Crippen LogP contribution is -2.57. The van der Waals surface area contributed by atoms with Crippen LogP contribution in [0.2, 0.25) is 0 Å². The van der Waals surface area contributed by atoms with E-state index in [1.54, 1.807) is 7.11 Å². The second-order valence-electron chi connectivity index (χ2n) is 5.29. The maximum absolute atomic E-state index is 12.6. The highest BCUT2D eigenvalue weighted by Gasteiger charge is 2.37. The molecule has 4 nitrogen and oxygen atoms in total. The molecular formula is C15H20N2O2. The lowest BCUT2D eigenvalue weighted by Gasteiger charge is -2.38. The third-order valence-corrected chi connectivity index (χ3v) is 4.24. The minimum atomic E-state index is 0.154. The number of ether oxygens (including phenoxy) is 1. The number of benzene rings is 1. The van der Waals surface area contributed by atoms with Gasteiger partial charge in [0, 0.05) is 30.7 Å². The standard InChI is InChI=1S/C15H20N2O2/c1-19-12-7-5-11(6-8-12)15(18)17-10-9-16-13-3-2-4-14(13)17/h5-8,13-14,16H,2-4,9-10H2,1H3. The van der Waals surface area contributed by atoms with Crippen LogP contribution in [0.25, 0.3) is 0 Å². The number of nitrogens with one attached hydrogen (secondary N) is 1. The van der Waals surface area contributed by atoms with Gasteiger partial charge < -0.3 is 15.0 Å². The van der Waals surface area contributed by atoms with Gasteiger partial charge in [-0.1, -0.05) is 0 Å². The van der Waals surface area contributed by atoms with E-state index in [2.05, 4.69) is 10.2 Å². The zero-order chi connectivity index (χ0) is 13.2. The molecule has 1 heterocycles. The Balaban J connectivity index is 1.78. The summed E-state index contributed by atoms with van der Waals surface area (Å²) >= 11 is 0. The van der Waals surface area contributed by atoms with Crippen LogP contribution in [0.3, 0.4) is 0 Å². The Kier molecular flexibility index (Phi) is 3.42. The maximum Gasteiger partial charge on any atom is 0.254 e. The number of rotatable bonds is 2. The number of nitrogens with zero attached hydrogens (tertiary/aromatic N) is 1. The Morgan fingerprint density at radius 3 is 2.84 bits per heavy atom. The van der Waals surface area contributed by atoms with E-state index < -0.39 is 0 Å². The van der Waals surface area contributed by atoms with E-state index >= 15 is 0 Å². The summed E-state index contributed by atoms with van der Waals surface area (Å²) in [5.74, 6) is 0.941. The summed E-state index contributed by atoms with van der Waals surface area (Å²) < 4.78 is 5.13. The molecule has 4 heteroatoms. The molecule has 2 atom stereocenters. The van der Waals surface area contributed by atoms with Crippen LogP contribution in [0.15, 0.2) is 24.3 Å². The molecule has 19 heavy (non-hydrogen) atoms. The number of piperazine rings is 1. The molecular weight excluding hydrogens is 240 g/mol. The van der Waals surface area contributed by atoms with Crippen molar-refractivity contribution in [1.29, 1.82) is 0 Å². The third kappa shape index (κ3) is 2.32. The van der Waals surface area contributed by atoms with Crippen LogP contribution in [-0.4, -0.2) is 43.1 Å². The first-order valence-corrected chi connectivity index (χ1v) is 6.98. The van der Waals surface area contributed by atoms with Gasteiger partial charge in [-0.2, -0.15) is 0 Å². The van der Waals surface area contributed by atoms with Crippen LogP contribution in [0.1, 0.15) is 29.6 Å². The first-order chi connectivity index (χ1) is 9.29. The molecule has 0 spiro atoms. The zero-order valence-electron chi connectivity index (χ0n) is 11.3. The van der Waals surface area contributed by atoms with Gasteiger partial charge in [-0.15, -0.1) is 0 Å². The molecule has 0 bridgehead atoms. The fourth-order valence-corrected chi connectivity index (χ4v) is 3.24. The first-order valence-electron chi connectivity index (χ1n) is 6.98. The van der Waals surface area contributed by atoms with Crippen LogP contribution in [0, 0.1) is 0 Å². The molecule has 2 unspecified atom stereocenters. The molecule has 3 rings (SSSR count). The van der Waals surface area contributed by atoms with E-state index in [-0.39, 0.29) is 5.91 Å². The summed E-state index contributed by atoms with van der Waals surface area (Å²) in [5, 5.41) is 3.52. The van der Waals surface area contributed by atoms with Gasteiger partial charge in [-0.25, -0.2) is 0 Å². The topological polar surface area (TPSA) is 41.6 Å². The van der Waals surface area contributed by atoms with Crippen LogP contribution in [0.4, 0.5) is 0 Å². The summed E-state index contributed by atoms with van der Waals surface area (Å²) in [6.45, 7) is 1.72. The molecule has 2 fully saturated rings. The number of carbonyl (C=O) groups excluding carboxylic acids is 1. The van der Waals surface area contributed by atoms with Crippen molar-refractivity contribution in [2.45, 2.75) is 31.3 Å². The number of amides is 1. The summed E-state index contributed by atoms with van der Waals surface area (Å²) in [7, 11) is 1.64. The fraction of sp³-hybridized carbons (Fsp3) is 0.533. The minimum absolute atomic E-state index is 0.154. The van der Waals surface area contributed by atoms with Gasteiger partial charge in [0.05, 0.1) is 7.11 Å². The summed E-state index contributed by atoms with van der Waals surface area (Å²) in [5.41, 5.74) is 0.758. The van der Waals surface area contributed by atoms with Crippen molar-refractivity contribution in [2.24, 2.45) is 0 Å². The van der Waals surface area contributed by atoms with Crippen molar-refractivity contribution in [1.82, 2.24) is 10.2 Å². The van der Waals surface area contributed by atoms with Gasteiger partial charge in [-0.3, -0.25) is 4.79 Å². The molecule has 1 aromatic rings. The highest BCUT2D eigenvalue weighted by molar-refractivity contribution is 5.94. The Hall–Kier alpha value is -1.55. The summed E-state index contributed by atoms with van der Waals surface area (Å²) in [6.07, 6.45) is 3.53. The van der Waals surface area contributed by atoms with Gasteiger partial charge in [0.25, 0.3) is 5.91 Å². The third-order valence-electron chi connectivity index (χ3n) is 4.24. The Morgan fingerprint density at radius 1 is 1.32 bits per heavy atom. The van der Waals surface area contributed by atoms with Crippen molar-refractivity contribution >= 4 is 5.91 Å². The molecule has 1 N–H and O–H groups in total. The van der Waals surface area contributed by atoms with Crippen LogP contribution in [-0.2, 0) is 0 Å². The van der Waals surface area contributed by atoms with E-state index in [1.165, 1.54) is 12.8 Å². The largest absolute Gasteiger partial charge is 0.497 e. The van der Waals surface area contributed by atoms with Gasteiger partial charge in [0.2, 0.25) is 0 Å². The number of methoxy groups -OCH3 is 1. The fourth-order valence-electron chi connectivity index (χ4n) is 3.24. The Bertz CT molecular complexity index is 458. The average molecular weight is 260 g/mol. The van der Waals surface area contributed by atoms with Crippen molar-refractivity contribution in [2.75, 3.05) is 20.2 Å². The van der Waals surface area contributed by atoms with Gasteiger partial charge in [-0.05, 0) is 43.5 Å². The lowest BCUT2D eigenvalue weighted by molar-refractivity contribution is 0.0599. The number of fused-ring (bicyclic) bond motifs is 1. The van der Waals surface area contributed by atoms with Crippen molar-refractivity contribution in [3.05, 3.63) is 29.8 Å². The number of hydrogen-bond donors (Lipinski definition) is 1. The molecule has 1 amide bonds. The van der Waals surface area contributed by atoms with E-state index in [9.17, 15) is 4.79 Å². The highest BCUT2D eigenvalue weighted by atomic mass is 16.5. The Morgan fingerprint density at radius 2 is 2.11 bits per heavy atom. The molecule has 1 aliphatic carbocycles. The van der Waals surface area contributed by atoms with Gasteiger partial charge in [0.1, 0.15) is 5.75 Å². The second kappa shape index (κ2) is 5.21. The molecule has 1 saturated heterocycles. The highest BCUT2D eigenvalue weighted by Crippen LogP contribution is 2.28. The molecule has 1 aliphatic heterocycles. The first kappa shape index (κ1) is 12.5. The average Bonchev–Trinajstić information content (AvgIpc) is 2.95. The normalized spacial score (nSPS) is 26.1. The van der Waals surface area contributed by atoms with E-state index in [0.29, 0.717) is 12.1 Å². The van der Waals surface area contributed by atoms with E-state index in [0.717, 1.165) is 30.8 Å². The van der Waals surface area contributed by atoms with Crippen LogP contribution in [0.5, 0.6) is 5.75 Å². The second-order valence-corrected chi connectivity index (χ2v) is 5.29. The van der Waals surface area contributed by atoms with Crippen molar-refractivity contribution in [3.8, 4) is 5.75 Å². The number of hydrogen-bond acceptors (Lipinski definition) is 3. The quantitative estimate of drug-likeness (QED) is 0.879. The minimum Gasteiger partial charge on any atom is -0.497 e. The van der Waals surface area contributed by atoms with Crippen LogP contribution >= 0.6 is 0 Å². The molecule has 1 saturated carbocycles. The van der Waals surface area contributed by atoms with Crippen LogP contribution < -0.4 is 10.1 Å². The van der Waals surface area contributed by atoms with E-state index in [1.807, 2.05) is 24.3 Å². The molecule has 0 radical (unpaired) electrons. The van der Waals surface area contributed by atoms with Crippen molar-refractivity contribution in [3.63, 3.8) is 0 Å². The predicted molar refractivity (Wildman–Crippen MR) is 73.5 cm³/mol. The monoisotopic (exact) mass is 260 g/mol. The van der Waals surface area contributed by atoms with Gasteiger partial charge >= 0.3 is 0 Å². The zero-order valence-corrected chi connectivity index (χ0v) is 11.3. The molecule has 1 aromatic carbocycles. The SMILES string of the molecule is COc1ccc(C(=O)N2CCNC3CCCC32)cc1. The van der Waals surface area contributed by atoms with Crippen molar-refractivity contribution < 1.29 is 9.53 Å². The van der Waals surface area contributed by atoms with Gasteiger partial charge in [0.15, 0.2) is 0 Å². The summed E-state index contributed by atoms with van der Waals surface area (Å²) in [6, 6.07) is 8.28. The summed E-state index contributed by atoms with van der Waals surface area (Å²) in [4.78, 5) is 14.7. The molecule has 102 valence electrons. The lowest BCUT2D eigenvalue weighted by atomic mass is 10.1. The maximum atomic E-state index is 12.6.